The number of furan rings is 1. The van der Waals surface area contributed by atoms with Crippen LogP contribution in [0, 0.1) is 5.92 Å². The van der Waals surface area contributed by atoms with Crippen LogP contribution >= 0.6 is 0 Å². The van der Waals surface area contributed by atoms with Crippen molar-refractivity contribution in [2.24, 2.45) is 10.9 Å². The number of nitrogens with zero attached hydrogens (tertiary/aromatic N) is 2. The number of hydrogen-bond donors (Lipinski definition) is 2. The van der Waals surface area contributed by atoms with Crippen LogP contribution in [0.15, 0.2) is 52.1 Å². The summed E-state index contributed by atoms with van der Waals surface area (Å²) in [5.41, 5.74) is 2.61. The Labute approximate surface area is 150 Å². The van der Waals surface area contributed by atoms with E-state index in [0.717, 1.165) is 37.3 Å². The van der Waals surface area contributed by atoms with Crippen LogP contribution in [0.25, 0.3) is 0 Å². The van der Waals surface area contributed by atoms with E-state index < -0.39 is 0 Å². The third kappa shape index (κ3) is 5.10. The van der Waals surface area contributed by atoms with Crippen molar-refractivity contribution in [2.45, 2.75) is 39.0 Å². The molecule has 134 valence electrons. The molecule has 1 aromatic heterocycles. The normalized spacial score (nSPS) is 19.9. The van der Waals surface area contributed by atoms with Crippen molar-refractivity contribution >= 4 is 5.96 Å². The topological polar surface area (TPSA) is 52.8 Å². The second-order valence-corrected chi connectivity index (χ2v) is 6.91. The Morgan fingerprint density at radius 1 is 1.20 bits per heavy atom. The van der Waals surface area contributed by atoms with E-state index in [0.29, 0.717) is 6.04 Å². The highest BCUT2D eigenvalue weighted by atomic mass is 16.3. The van der Waals surface area contributed by atoms with E-state index in [1.165, 1.54) is 17.5 Å². The lowest BCUT2D eigenvalue weighted by Gasteiger charge is -2.19. The molecule has 25 heavy (non-hydrogen) atoms. The average molecular weight is 340 g/mol. The van der Waals surface area contributed by atoms with Gasteiger partial charge in [-0.1, -0.05) is 31.2 Å². The molecule has 1 aliphatic rings. The van der Waals surface area contributed by atoms with E-state index in [1.807, 2.05) is 19.2 Å². The van der Waals surface area contributed by atoms with E-state index in [1.54, 1.807) is 6.26 Å². The molecule has 0 radical (unpaired) electrons. The van der Waals surface area contributed by atoms with Crippen LogP contribution in [0.2, 0.25) is 0 Å². The summed E-state index contributed by atoms with van der Waals surface area (Å²) in [5.74, 6) is 2.62. The first-order valence-corrected chi connectivity index (χ1v) is 8.90. The quantitative estimate of drug-likeness (QED) is 0.601. The number of guanidine groups is 1. The minimum Gasteiger partial charge on any atom is -0.468 e. The molecule has 5 nitrogen and oxygen atoms in total. The van der Waals surface area contributed by atoms with Crippen molar-refractivity contribution in [3.63, 3.8) is 0 Å². The zero-order chi connectivity index (χ0) is 17.6. The van der Waals surface area contributed by atoms with Gasteiger partial charge in [0.2, 0.25) is 0 Å². The molecule has 1 heterocycles. The van der Waals surface area contributed by atoms with Gasteiger partial charge >= 0.3 is 0 Å². The molecule has 2 unspecified atom stereocenters. The van der Waals surface area contributed by atoms with Crippen molar-refractivity contribution in [3.8, 4) is 0 Å². The molecule has 5 heteroatoms. The van der Waals surface area contributed by atoms with Crippen LogP contribution in [-0.2, 0) is 19.6 Å². The summed E-state index contributed by atoms with van der Waals surface area (Å²) < 4.78 is 5.44. The van der Waals surface area contributed by atoms with Crippen molar-refractivity contribution in [3.05, 3.63) is 59.5 Å². The van der Waals surface area contributed by atoms with Crippen LogP contribution < -0.4 is 10.6 Å². The van der Waals surface area contributed by atoms with E-state index in [-0.39, 0.29) is 0 Å². The highest BCUT2D eigenvalue weighted by Gasteiger charge is 2.33. The molecule has 0 aliphatic heterocycles. The highest BCUT2D eigenvalue weighted by Crippen LogP contribution is 2.28. The summed E-state index contributed by atoms with van der Waals surface area (Å²) in [6, 6.07) is 13.1. The van der Waals surface area contributed by atoms with Gasteiger partial charge in [0.05, 0.1) is 12.8 Å². The molecular formula is C20H28N4O. The fourth-order valence-corrected chi connectivity index (χ4v) is 2.97. The maximum absolute atomic E-state index is 5.44. The maximum atomic E-state index is 5.44. The highest BCUT2D eigenvalue weighted by molar-refractivity contribution is 5.80. The zero-order valence-electron chi connectivity index (χ0n) is 15.3. The third-order valence-corrected chi connectivity index (χ3v) is 4.67. The molecule has 0 amide bonds. The molecule has 0 spiro atoms. The summed E-state index contributed by atoms with van der Waals surface area (Å²) >= 11 is 0. The maximum Gasteiger partial charge on any atom is 0.191 e. The van der Waals surface area contributed by atoms with Crippen molar-refractivity contribution in [1.82, 2.24) is 15.5 Å². The molecule has 1 aromatic carbocycles. The second kappa shape index (κ2) is 8.21. The summed E-state index contributed by atoms with van der Waals surface area (Å²) in [5, 5.41) is 6.91. The first-order valence-electron chi connectivity index (χ1n) is 8.90. The second-order valence-electron chi connectivity index (χ2n) is 6.91. The molecule has 1 fully saturated rings. The summed E-state index contributed by atoms with van der Waals surface area (Å²) in [4.78, 5) is 6.59. The first-order chi connectivity index (χ1) is 12.2. The van der Waals surface area contributed by atoms with Gasteiger partial charge in [0.15, 0.2) is 5.96 Å². The van der Waals surface area contributed by atoms with E-state index in [9.17, 15) is 0 Å². The van der Waals surface area contributed by atoms with Crippen LogP contribution in [0.5, 0.6) is 0 Å². The molecular weight excluding hydrogens is 312 g/mol. The molecule has 0 bridgehead atoms. The molecule has 2 aromatic rings. The lowest BCUT2D eigenvalue weighted by atomic mass is 10.1. The molecule has 2 atom stereocenters. The van der Waals surface area contributed by atoms with Gasteiger partial charge in [0.1, 0.15) is 5.76 Å². The number of benzene rings is 1. The monoisotopic (exact) mass is 340 g/mol. The van der Waals surface area contributed by atoms with Gasteiger partial charge in [-0.2, -0.15) is 0 Å². The Balaban J connectivity index is 1.56. The standard InChI is InChI=1S/C20H28N4O/c1-15-11-19(15)23-20(21-2)22-12-16-7-4-5-8-17(16)13-24(3)14-18-9-6-10-25-18/h4-10,15,19H,11-14H2,1-3H3,(H2,21,22,23). The first kappa shape index (κ1) is 17.5. The molecule has 2 N–H and O–H groups in total. The van der Waals surface area contributed by atoms with Crippen molar-refractivity contribution in [1.29, 1.82) is 0 Å². The molecule has 0 saturated heterocycles. The Kier molecular flexibility index (Phi) is 5.76. The predicted octanol–water partition coefficient (Wildman–Crippen LogP) is 2.99. The van der Waals surface area contributed by atoms with Crippen LogP contribution in [0.4, 0.5) is 0 Å². The lowest BCUT2D eigenvalue weighted by molar-refractivity contribution is 0.287. The minimum atomic E-state index is 0.570. The van der Waals surface area contributed by atoms with Gasteiger partial charge in [-0.15, -0.1) is 0 Å². The number of nitrogens with one attached hydrogen (secondary N) is 2. The molecule has 3 rings (SSSR count). The van der Waals surface area contributed by atoms with Gasteiger partial charge in [-0.3, -0.25) is 9.89 Å². The van der Waals surface area contributed by atoms with E-state index >= 15 is 0 Å². The van der Waals surface area contributed by atoms with Gasteiger partial charge in [0.25, 0.3) is 0 Å². The lowest BCUT2D eigenvalue weighted by Crippen LogP contribution is -2.38. The van der Waals surface area contributed by atoms with Gasteiger partial charge in [-0.25, -0.2) is 0 Å². The van der Waals surface area contributed by atoms with E-state index in [2.05, 4.69) is 58.8 Å². The largest absolute Gasteiger partial charge is 0.468 e. The predicted molar refractivity (Wildman–Crippen MR) is 101 cm³/mol. The third-order valence-electron chi connectivity index (χ3n) is 4.67. The number of hydrogen-bond acceptors (Lipinski definition) is 3. The Morgan fingerprint density at radius 3 is 2.60 bits per heavy atom. The Morgan fingerprint density at radius 2 is 1.96 bits per heavy atom. The van der Waals surface area contributed by atoms with Gasteiger partial charge < -0.3 is 15.1 Å². The van der Waals surface area contributed by atoms with Crippen molar-refractivity contribution in [2.75, 3.05) is 14.1 Å². The van der Waals surface area contributed by atoms with Crippen LogP contribution in [0.3, 0.4) is 0 Å². The Bertz CT molecular complexity index is 695. The van der Waals surface area contributed by atoms with Crippen LogP contribution in [0.1, 0.15) is 30.2 Å². The number of aliphatic imine (C=N–C) groups is 1. The molecule has 1 aliphatic carbocycles. The fourth-order valence-electron chi connectivity index (χ4n) is 2.97. The summed E-state index contributed by atoms with van der Waals surface area (Å²) in [6.45, 7) is 4.71. The van der Waals surface area contributed by atoms with Gasteiger partial charge in [-0.05, 0) is 42.6 Å². The Hall–Kier alpha value is -2.27. The van der Waals surface area contributed by atoms with Crippen molar-refractivity contribution < 1.29 is 4.42 Å². The SMILES string of the molecule is CN=C(NCc1ccccc1CN(C)Cc1ccco1)NC1CC1C. The van der Waals surface area contributed by atoms with Gasteiger partial charge in [0, 0.05) is 26.2 Å². The van der Waals surface area contributed by atoms with Crippen LogP contribution in [-0.4, -0.2) is 31.0 Å². The zero-order valence-corrected chi connectivity index (χ0v) is 15.3. The summed E-state index contributed by atoms with van der Waals surface area (Å²) in [7, 11) is 3.94. The average Bonchev–Trinajstić information content (AvgIpc) is 3.06. The van der Waals surface area contributed by atoms with E-state index in [4.69, 9.17) is 4.42 Å². The summed E-state index contributed by atoms with van der Waals surface area (Å²) in [6.07, 6.45) is 2.95. The smallest absolute Gasteiger partial charge is 0.191 e. The molecule has 1 saturated carbocycles. The minimum absolute atomic E-state index is 0.570. The fraction of sp³-hybridized carbons (Fsp3) is 0.450. The number of rotatable bonds is 7.